The molecule has 1 aliphatic carbocycles. The molecule has 0 radical (unpaired) electrons. The number of piperidine rings is 1. The summed E-state index contributed by atoms with van der Waals surface area (Å²) >= 11 is 0. The van der Waals surface area contributed by atoms with Crippen LogP contribution in [0.1, 0.15) is 45.4 Å². The van der Waals surface area contributed by atoms with Crippen LogP contribution in [0.3, 0.4) is 0 Å². The van der Waals surface area contributed by atoms with Crippen LogP contribution in [0.5, 0.6) is 0 Å². The zero-order valence-corrected chi connectivity index (χ0v) is 16.6. The molecular weight excluding hydrogens is 342 g/mol. The summed E-state index contributed by atoms with van der Waals surface area (Å²) in [4.78, 5) is 32.2. The van der Waals surface area contributed by atoms with Gasteiger partial charge in [-0.3, -0.25) is 19.2 Å². The zero-order valence-electron chi connectivity index (χ0n) is 16.6. The van der Waals surface area contributed by atoms with E-state index in [0.717, 1.165) is 70.5 Å². The van der Waals surface area contributed by atoms with Crippen molar-refractivity contribution in [3.05, 3.63) is 12.4 Å². The minimum Gasteiger partial charge on any atom is -0.340 e. The van der Waals surface area contributed by atoms with Gasteiger partial charge in [0.15, 0.2) is 0 Å². The summed E-state index contributed by atoms with van der Waals surface area (Å²) in [6.45, 7) is 5.99. The molecule has 3 aliphatic rings. The van der Waals surface area contributed by atoms with Crippen molar-refractivity contribution in [3.8, 4) is 0 Å². The number of carbonyl (C=O) groups is 2. The Morgan fingerprint density at radius 1 is 1.19 bits per heavy atom. The Balaban J connectivity index is 1.37. The molecule has 7 heteroatoms. The summed E-state index contributed by atoms with van der Waals surface area (Å²) in [5.74, 6) is 0.529. The number of aromatic nitrogens is 2. The van der Waals surface area contributed by atoms with Crippen LogP contribution in [0, 0.1) is 5.41 Å². The van der Waals surface area contributed by atoms with Gasteiger partial charge in [0.05, 0.1) is 17.9 Å². The van der Waals surface area contributed by atoms with E-state index < -0.39 is 0 Å². The largest absolute Gasteiger partial charge is 0.340 e. The first-order valence-corrected chi connectivity index (χ1v) is 10.4. The van der Waals surface area contributed by atoms with Crippen molar-refractivity contribution < 1.29 is 9.59 Å². The van der Waals surface area contributed by atoms with E-state index in [2.05, 4.69) is 16.9 Å². The van der Waals surface area contributed by atoms with E-state index in [1.165, 1.54) is 6.42 Å². The molecule has 2 saturated heterocycles. The molecule has 0 N–H and O–H groups in total. The van der Waals surface area contributed by atoms with Gasteiger partial charge in [-0.15, -0.1) is 0 Å². The molecule has 148 valence electrons. The maximum Gasteiger partial charge on any atom is 0.244 e. The summed E-state index contributed by atoms with van der Waals surface area (Å²) in [5.41, 5.74) is 0.802. The Bertz CT molecular complexity index is 697. The maximum atomic E-state index is 13.1. The van der Waals surface area contributed by atoms with Crippen molar-refractivity contribution >= 4 is 17.5 Å². The Kier molecular flexibility index (Phi) is 4.97. The summed E-state index contributed by atoms with van der Waals surface area (Å²) in [6, 6.07) is -0.0694. The molecule has 3 fully saturated rings. The second kappa shape index (κ2) is 7.26. The lowest BCUT2D eigenvalue weighted by molar-refractivity contribution is -0.150. The van der Waals surface area contributed by atoms with Gasteiger partial charge in [-0.05, 0) is 32.1 Å². The highest BCUT2D eigenvalue weighted by molar-refractivity contribution is 5.97. The van der Waals surface area contributed by atoms with Gasteiger partial charge in [-0.2, -0.15) is 5.10 Å². The van der Waals surface area contributed by atoms with Crippen LogP contribution in [0.15, 0.2) is 12.4 Å². The zero-order chi connectivity index (χ0) is 19.0. The third-order valence-electron chi connectivity index (χ3n) is 6.90. The predicted molar refractivity (Wildman–Crippen MR) is 103 cm³/mol. The number of amides is 2. The maximum absolute atomic E-state index is 13.1. The standard InChI is InChI=1S/C20H31N5O2/c1-3-20(7-5-8-20)19(27)24-12-10-23(11-13-24)17-6-4-9-25(18(17)26)16-14-21-22(2)15-16/h14-15,17H,3-13H2,1-2H3. The fourth-order valence-electron chi connectivity index (χ4n) is 4.89. The van der Waals surface area contributed by atoms with Crippen LogP contribution in [-0.2, 0) is 16.6 Å². The number of nitrogens with zero attached hydrogens (tertiary/aromatic N) is 5. The van der Waals surface area contributed by atoms with Crippen LogP contribution >= 0.6 is 0 Å². The molecule has 1 unspecified atom stereocenters. The first-order chi connectivity index (χ1) is 13.0. The van der Waals surface area contributed by atoms with Crippen molar-refractivity contribution in [3.63, 3.8) is 0 Å². The third kappa shape index (κ3) is 3.26. The monoisotopic (exact) mass is 373 g/mol. The SMILES string of the molecule is CCC1(C(=O)N2CCN(C3CCCN(c4cnn(C)c4)C3=O)CC2)CCC1. The second-order valence-corrected chi connectivity index (χ2v) is 8.34. The lowest BCUT2D eigenvalue weighted by Crippen LogP contribution is -2.60. The van der Waals surface area contributed by atoms with Gasteiger partial charge in [0.1, 0.15) is 0 Å². The normalized spacial score (nSPS) is 26.1. The Labute approximate surface area is 161 Å². The van der Waals surface area contributed by atoms with Crippen LogP contribution in [0.25, 0.3) is 0 Å². The minimum atomic E-state index is -0.0834. The van der Waals surface area contributed by atoms with Crippen LogP contribution in [-0.4, -0.2) is 70.2 Å². The highest BCUT2D eigenvalue weighted by Gasteiger charge is 2.45. The molecule has 27 heavy (non-hydrogen) atoms. The number of piperazine rings is 1. The lowest BCUT2D eigenvalue weighted by atomic mass is 9.66. The molecule has 2 aliphatic heterocycles. The van der Waals surface area contributed by atoms with E-state index in [0.29, 0.717) is 5.91 Å². The molecule has 0 bridgehead atoms. The van der Waals surface area contributed by atoms with Gasteiger partial charge in [0, 0.05) is 51.4 Å². The summed E-state index contributed by atoms with van der Waals surface area (Å²) in [7, 11) is 1.87. The number of anilines is 1. The number of carbonyl (C=O) groups excluding carboxylic acids is 2. The first kappa shape index (κ1) is 18.5. The van der Waals surface area contributed by atoms with Gasteiger partial charge in [-0.1, -0.05) is 13.3 Å². The first-order valence-electron chi connectivity index (χ1n) is 10.4. The Morgan fingerprint density at radius 2 is 1.93 bits per heavy atom. The number of aryl methyl sites for hydroxylation is 1. The van der Waals surface area contributed by atoms with Crippen molar-refractivity contribution in [1.29, 1.82) is 0 Å². The van der Waals surface area contributed by atoms with Gasteiger partial charge in [0.25, 0.3) is 0 Å². The highest BCUT2D eigenvalue weighted by Crippen LogP contribution is 2.45. The molecule has 1 aromatic heterocycles. The molecular formula is C20H31N5O2. The highest BCUT2D eigenvalue weighted by atomic mass is 16.2. The average molecular weight is 374 g/mol. The summed E-state index contributed by atoms with van der Waals surface area (Å²) in [5, 5.41) is 4.20. The van der Waals surface area contributed by atoms with E-state index in [9.17, 15) is 9.59 Å². The van der Waals surface area contributed by atoms with Crippen molar-refractivity contribution in [1.82, 2.24) is 19.6 Å². The van der Waals surface area contributed by atoms with Crippen LogP contribution < -0.4 is 4.90 Å². The molecule has 2 amide bonds. The van der Waals surface area contributed by atoms with Crippen molar-refractivity contribution in [2.24, 2.45) is 12.5 Å². The van der Waals surface area contributed by atoms with Crippen LogP contribution in [0.4, 0.5) is 5.69 Å². The molecule has 1 aromatic rings. The van der Waals surface area contributed by atoms with Crippen molar-refractivity contribution in [2.45, 2.75) is 51.5 Å². The second-order valence-electron chi connectivity index (χ2n) is 8.34. The number of rotatable bonds is 4. The van der Waals surface area contributed by atoms with E-state index >= 15 is 0 Å². The van der Waals surface area contributed by atoms with Crippen molar-refractivity contribution in [2.75, 3.05) is 37.6 Å². The fourth-order valence-corrected chi connectivity index (χ4v) is 4.89. The van der Waals surface area contributed by atoms with E-state index in [1.54, 1.807) is 10.9 Å². The van der Waals surface area contributed by atoms with E-state index in [-0.39, 0.29) is 17.4 Å². The van der Waals surface area contributed by atoms with Gasteiger partial charge >= 0.3 is 0 Å². The van der Waals surface area contributed by atoms with Crippen LogP contribution in [0.2, 0.25) is 0 Å². The predicted octanol–water partition coefficient (Wildman–Crippen LogP) is 1.64. The Hall–Kier alpha value is -1.89. The smallest absolute Gasteiger partial charge is 0.244 e. The van der Waals surface area contributed by atoms with Gasteiger partial charge in [-0.25, -0.2) is 0 Å². The minimum absolute atomic E-state index is 0.0694. The number of hydrogen-bond donors (Lipinski definition) is 0. The average Bonchev–Trinajstić information content (AvgIpc) is 3.08. The molecule has 7 nitrogen and oxygen atoms in total. The third-order valence-corrected chi connectivity index (χ3v) is 6.90. The van der Waals surface area contributed by atoms with Gasteiger partial charge in [0.2, 0.25) is 11.8 Å². The van der Waals surface area contributed by atoms with Gasteiger partial charge < -0.3 is 9.80 Å². The topological polar surface area (TPSA) is 61.7 Å². The molecule has 1 saturated carbocycles. The van der Waals surface area contributed by atoms with E-state index in [1.807, 2.05) is 23.0 Å². The molecule has 3 heterocycles. The summed E-state index contributed by atoms with van der Waals surface area (Å²) in [6.07, 6.45) is 9.80. The Morgan fingerprint density at radius 3 is 2.48 bits per heavy atom. The quantitative estimate of drug-likeness (QED) is 0.805. The van der Waals surface area contributed by atoms with E-state index in [4.69, 9.17) is 0 Å². The summed E-state index contributed by atoms with van der Waals surface area (Å²) < 4.78 is 1.74. The number of hydrogen-bond acceptors (Lipinski definition) is 4. The lowest BCUT2D eigenvalue weighted by Gasteiger charge is -2.47. The molecule has 0 aromatic carbocycles. The molecule has 1 atom stereocenters. The molecule has 4 rings (SSSR count). The molecule has 0 spiro atoms. The fraction of sp³-hybridized carbons (Fsp3) is 0.750.